The van der Waals surface area contributed by atoms with Gasteiger partial charge in [-0.1, -0.05) is 41.9 Å². The lowest BCUT2D eigenvalue weighted by molar-refractivity contribution is 0.0747. The summed E-state index contributed by atoms with van der Waals surface area (Å²) in [6.07, 6.45) is 0. The summed E-state index contributed by atoms with van der Waals surface area (Å²) in [5.41, 5.74) is 9.55. The Labute approximate surface area is 134 Å². The number of rotatable bonds is 1. The standard InChI is InChI=1S/C17H13BN4O/c18-12-5-6-14-13(7-12)15(21-17(19)20-14)16(23)22-8-10-3-1-2-4-11(10)9-22/h1-7H,8-9H2,(H2,19,20,21). The molecule has 1 aliphatic heterocycles. The highest BCUT2D eigenvalue weighted by Gasteiger charge is 2.26. The van der Waals surface area contributed by atoms with Crippen LogP contribution in [0.15, 0.2) is 42.5 Å². The van der Waals surface area contributed by atoms with Crippen molar-refractivity contribution in [2.24, 2.45) is 0 Å². The van der Waals surface area contributed by atoms with Crippen LogP contribution in [0.5, 0.6) is 0 Å². The quantitative estimate of drug-likeness (QED) is 0.685. The molecule has 0 atom stereocenters. The Balaban J connectivity index is 1.78. The van der Waals surface area contributed by atoms with Crippen LogP contribution < -0.4 is 11.2 Å². The van der Waals surface area contributed by atoms with Crippen LogP contribution in [0.2, 0.25) is 0 Å². The molecular weight excluding hydrogens is 287 g/mol. The number of aromatic nitrogens is 2. The summed E-state index contributed by atoms with van der Waals surface area (Å²) < 4.78 is 0. The van der Waals surface area contributed by atoms with E-state index in [-0.39, 0.29) is 11.9 Å². The van der Waals surface area contributed by atoms with Crippen LogP contribution in [0, 0.1) is 0 Å². The van der Waals surface area contributed by atoms with Crippen molar-refractivity contribution >= 4 is 36.1 Å². The summed E-state index contributed by atoms with van der Waals surface area (Å²) >= 11 is 0. The van der Waals surface area contributed by atoms with Crippen LogP contribution in [-0.2, 0) is 13.1 Å². The van der Waals surface area contributed by atoms with Crippen molar-refractivity contribution in [3.8, 4) is 0 Å². The third kappa shape index (κ3) is 2.32. The van der Waals surface area contributed by atoms with Gasteiger partial charge in [-0.15, -0.1) is 0 Å². The number of anilines is 1. The van der Waals surface area contributed by atoms with Gasteiger partial charge in [0.25, 0.3) is 5.91 Å². The molecule has 0 bridgehead atoms. The van der Waals surface area contributed by atoms with Crippen LogP contribution in [0.4, 0.5) is 5.95 Å². The smallest absolute Gasteiger partial charge is 0.273 e. The van der Waals surface area contributed by atoms with Crippen molar-refractivity contribution < 1.29 is 4.79 Å². The Kier molecular flexibility index (Phi) is 3.04. The number of fused-ring (bicyclic) bond motifs is 2. The Bertz CT molecular complexity index is 916. The van der Waals surface area contributed by atoms with Gasteiger partial charge >= 0.3 is 0 Å². The summed E-state index contributed by atoms with van der Waals surface area (Å²) in [7, 11) is 5.84. The van der Waals surface area contributed by atoms with Gasteiger partial charge in [-0.05, 0) is 17.2 Å². The molecule has 0 saturated carbocycles. The second kappa shape index (κ2) is 5.09. The molecule has 6 heteroatoms. The van der Waals surface area contributed by atoms with E-state index < -0.39 is 0 Å². The van der Waals surface area contributed by atoms with Gasteiger partial charge in [0.05, 0.1) is 5.52 Å². The summed E-state index contributed by atoms with van der Waals surface area (Å²) in [4.78, 5) is 23.0. The van der Waals surface area contributed by atoms with Crippen molar-refractivity contribution in [1.82, 2.24) is 14.9 Å². The largest absolute Gasteiger partial charge is 0.368 e. The topological polar surface area (TPSA) is 72.1 Å². The molecule has 1 amide bonds. The van der Waals surface area contributed by atoms with Gasteiger partial charge in [-0.3, -0.25) is 4.79 Å². The van der Waals surface area contributed by atoms with Gasteiger partial charge in [0.2, 0.25) is 5.95 Å². The van der Waals surface area contributed by atoms with Crippen molar-refractivity contribution in [3.05, 3.63) is 59.3 Å². The Hall–Kier alpha value is -2.89. The monoisotopic (exact) mass is 300 g/mol. The maximum atomic E-state index is 12.9. The zero-order valence-corrected chi connectivity index (χ0v) is 12.4. The number of nitrogen functional groups attached to an aromatic ring is 1. The van der Waals surface area contributed by atoms with E-state index in [2.05, 4.69) is 9.97 Å². The minimum absolute atomic E-state index is 0.0855. The normalized spacial score (nSPS) is 13.3. The second-order valence-corrected chi connectivity index (χ2v) is 5.64. The van der Waals surface area contributed by atoms with Crippen LogP contribution in [0.1, 0.15) is 21.6 Å². The fraction of sp³-hybridized carbons (Fsp3) is 0.118. The maximum Gasteiger partial charge on any atom is 0.273 e. The van der Waals surface area contributed by atoms with E-state index >= 15 is 0 Å². The van der Waals surface area contributed by atoms with Crippen LogP contribution in [0.25, 0.3) is 10.9 Å². The highest BCUT2D eigenvalue weighted by Crippen LogP contribution is 2.25. The molecule has 5 nitrogen and oxygen atoms in total. The zero-order valence-electron chi connectivity index (χ0n) is 12.4. The van der Waals surface area contributed by atoms with Crippen molar-refractivity contribution in [2.75, 3.05) is 5.73 Å². The summed E-state index contributed by atoms with van der Waals surface area (Å²) in [5, 5.41) is 0.625. The molecule has 2 N–H and O–H groups in total. The van der Waals surface area contributed by atoms with Crippen molar-refractivity contribution in [2.45, 2.75) is 13.1 Å². The second-order valence-electron chi connectivity index (χ2n) is 5.64. The molecule has 0 spiro atoms. The maximum absolute atomic E-state index is 12.9. The molecule has 0 aliphatic carbocycles. The minimum Gasteiger partial charge on any atom is -0.368 e. The van der Waals surface area contributed by atoms with Gasteiger partial charge in [0.15, 0.2) is 0 Å². The number of nitrogens with two attached hydrogens (primary N) is 1. The van der Waals surface area contributed by atoms with Gasteiger partial charge in [0.1, 0.15) is 13.5 Å². The fourth-order valence-corrected chi connectivity index (χ4v) is 2.95. The van der Waals surface area contributed by atoms with E-state index in [0.717, 1.165) is 11.1 Å². The number of carbonyl (C=O) groups is 1. The van der Waals surface area contributed by atoms with Gasteiger partial charge in [0, 0.05) is 18.5 Å². The Morgan fingerprint density at radius 3 is 2.48 bits per heavy atom. The Morgan fingerprint density at radius 2 is 1.78 bits per heavy atom. The zero-order chi connectivity index (χ0) is 16.0. The van der Waals surface area contributed by atoms with Crippen LogP contribution in [-0.4, -0.2) is 28.6 Å². The lowest BCUT2D eigenvalue weighted by atomic mass is 9.94. The van der Waals surface area contributed by atoms with Crippen LogP contribution in [0.3, 0.4) is 0 Å². The average Bonchev–Trinajstić information content (AvgIpc) is 2.98. The molecule has 0 saturated heterocycles. The van der Waals surface area contributed by atoms with E-state index in [1.165, 1.54) is 0 Å². The molecule has 4 rings (SSSR count). The molecule has 0 fully saturated rings. The molecular formula is C17H13BN4O. The molecule has 2 radical (unpaired) electrons. The first-order valence-electron chi connectivity index (χ1n) is 7.30. The van der Waals surface area contributed by atoms with E-state index in [4.69, 9.17) is 13.6 Å². The van der Waals surface area contributed by atoms with E-state index in [0.29, 0.717) is 35.1 Å². The first kappa shape index (κ1) is 13.8. The SMILES string of the molecule is [B]c1ccc2nc(N)nc(C(=O)N3Cc4ccccc4C3)c2c1. The number of hydrogen-bond donors (Lipinski definition) is 1. The number of amides is 1. The van der Waals surface area contributed by atoms with Crippen LogP contribution >= 0.6 is 0 Å². The van der Waals surface area contributed by atoms with E-state index in [1.54, 1.807) is 23.1 Å². The molecule has 1 aliphatic rings. The molecule has 110 valence electrons. The number of hydrogen-bond acceptors (Lipinski definition) is 4. The van der Waals surface area contributed by atoms with E-state index in [9.17, 15) is 4.79 Å². The van der Waals surface area contributed by atoms with E-state index in [1.807, 2.05) is 24.3 Å². The number of carbonyl (C=O) groups excluding carboxylic acids is 1. The van der Waals surface area contributed by atoms with Crippen molar-refractivity contribution in [3.63, 3.8) is 0 Å². The van der Waals surface area contributed by atoms with Gasteiger partial charge in [-0.2, -0.15) is 0 Å². The first-order chi connectivity index (χ1) is 11.1. The molecule has 1 aromatic heterocycles. The average molecular weight is 300 g/mol. The highest BCUT2D eigenvalue weighted by molar-refractivity contribution is 6.33. The molecule has 3 aromatic rings. The molecule has 2 aromatic carbocycles. The number of nitrogens with zero attached hydrogens (tertiary/aromatic N) is 3. The third-order valence-corrected chi connectivity index (χ3v) is 4.07. The Morgan fingerprint density at radius 1 is 1.09 bits per heavy atom. The number of benzene rings is 2. The minimum atomic E-state index is -0.161. The van der Waals surface area contributed by atoms with Crippen molar-refractivity contribution in [1.29, 1.82) is 0 Å². The summed E-state index contributed by atoms with van der Waals surface area (Å²) in [6.45, 7) is 1.14. The highest BCUT2D eigenvalue weighted by atomic mass is 16.2. The summed E-state index contributed by atoms with van der Waals surface area (Å²) in [5.74, 6) is -0.0757. The third-order valence-electron chi connectivity index (χ3n) is 4.07. The molecule has 0 unspecified atom stereocenters. The lowest BCUT2D eigenvalue weighted by Crippen LogP contribution is -2.27. The first-order valence-corrected chi connectivity index (χ1v) is 7.30. The predicted octanol–water partition coefficient (Wildman–Crippen LogP) is 1.16. The molecule has 23 heavy (non-hydrogen) atoms. The summed E-state index contributed by atoms with van der Waals surface area (Å²) in [6, 6.07) is 13.2. The lowest BCUT2D eigenvalue weighted by Gasteiger charge is -2.16. The van der Waals surface area contributed by atoms with Gasteiger partial charge in [-0.25, -0.2) is 9.97 Å². The van der Waals surface area contributed by atoms with Gasteiger partial charge < -0.3 is 10.6 Å². The fourth-order valence-electron chi connectivity index (χ4n) is 2.95. The molecule has 2 heterocycles. The predicted molar refractivity (Wildman–Crippen MR) is 89.4 cm³/mol.